The molecule has 2 aliphatic rings. The third kappa shape index (κ3) is 3.65. The van der Waals surface area contributed by atoms with Crippen LogP contribution in [0.2, 0.25) is 0 Å². The van der Waals surface area contributed by atoms with E-state index in [0.717, 1.165) is 0 Å². The largest absolute Gasteiger partial charge is 0.317 e. The van der Waals surface area contributed by atoms with E-state index in [1.165, 1.54) is 63.5 Å². The zero-order valence-corrected chi connectivity index (χ0v) is 10.7. The van der Waals surface area contributed by atoms with Crippen molar-refractivity contribution in [1.82, 2.24) is 10.2 Å². The molecule has 0 spiro atoms. The molecule has 1 N–H and O–H groups in total. The van der Waals surface area contributed by atoms with Gasteiger partial charge in [-0.2, -0.15) is 11.8 Å². The van der Waals surface area contributed by atoms with Gasteiger partial charge in [0.2, 0.25) is 0 Å². The molecule has 2 rings (SSSR count). The fraction of sp³-hybridized carbons (Fsp3) is 1.00. The average Bonchev–Trinajstić information content (AvgIpc) is 2.47. The molecule has 0 saturated carbocycles. The van der Waals surface area contributed by atoms with Crippen molar-refractivity contribution in [2.45, 2.75) is 26.2 Å². The standard InChI is InChI=1S/C12H24N2S/c1-12(3-5-13-6-4-12)11-14-7-2-9-15-10-8-14/h13H,2-11H2,1H3. The van der Waals surface area contributed by atoms with Gasteiger partial charge < -0.3 is 10.2 Å². The molecule has 0 atom stereocenters. The van der Waals surface area contributed by atoms with Crippen molar-refractivity contribution >= 4 is 11.8 Å². The SMILES string of the molecule is CC1(CN2CCCSCC2)CCNCC1. The van der Waals surface area contributed by atoms with Crippen LogP contribution in [0, 0.1) is 5.41 Å². The van der Waals surface area contributed by atoms with E-state index in [9.17, 15) is 0 Å². The van der Waals surface area contributed by atoms with Crippen LogP contribution >= 0.6 is 11.8 Å². The van der Waals surface area contributed by atoms with E-state index >= 15 is 0 Å². The molecule has 2 heterocycles. The molecule has 3 heteroatoms. The second kappa shape index (κ2) is 5.55. The lowest BCUT2D eigenvalue weighted by atomic mass is 9.80. The van der Waals surface area contributed by atoms with Crippen LogP contribution in [-0.2, 0) is 0 Å². The van der Waals surface area contributed by atoms with Crippen LogP contribution < -0.4 is 5.32 Å². The van der Waals surface area contributed by atoms with Crippen LogP contribution in [0.3, 0.4) is 0 Å². The highest BCUT2D eigenvalue weighted by atomic mass is 32.2. The summed E-state index contributed by atoms with van der Waals surface area (Å²) >= 11 is 2.13. The minimum atomic E-state index is 0.584. The van der Waals surface area contributed by atoms with Crippen molar-refractivity contribution in [2.24, 2.45) is 5.41 Å². The van der Waals surface area contributed by atoms with Gasteiger partial charge >= 0.3 is 0 Å². The third-order valence-corrected chi connectivity index (χ3v) is 4.78. The fourth-order valence-corrected chi connectivity index (χ4v) is 3.61. The van der Waals surface area contributed by atoms with Crippen molar-refractivity contribution < 1.29 is 0 Å². The summed E-state index contributed by atoms with van der Waals surface area (Å²) < 4.78 is 0. The number of thioether (sulfide) groups is 1. The normalized spacial score (nSPS) is 28.6. The molecule has 0 unspecified atom stereocenters. The molecule has 2 aliphatic heterocycles. The van der Waals surface area contributed by atoms with Gasteiger partial charge in [-0.1, -0.05) is 6.92 Å². The zero-order chi connectivity index (χ0) is 10.6. The van der Waals surface area contributed by atoms with E-state index in [4.69, 9.17) is 0 Å². The molecular formula is C12H24N2S. The Morgan fingerprint density at radius 1 is 1.20 bits per heavy atom. The number of rotatable bonds is 2. The van der Waals surface area contributed by atoms with Gasteiger partial charge in [-0.15, -0.1) is 0 Å². The summed E-state index contributed by atoms with van der Waals surface area (Å²) in [6.07, 6.45) is 4.10. The van der Waals surface area contributed by atoms with Crippen LogP contribution in [0.1, 0.15) is 26.2 Å². The minimum Gasteiger partial charge on any atom is -0.317 e. The van der Waals surface area contributed by atoms with Crippen molar-refractivity contribution in [2.75, 3.05) is 44.2 Å². The Morgan fingerprint density at radius 2 is 2.00 bits per heavy atom. The minimum absolute atomic E-state index is 0.584. The molecule has 15 heavy (non-hydrogen) atoms. The summed E-state index contributed by atoms with van der Waals surface area (Å²) in [7, 11) is 0. The van der Waals surface area contributed by atoms with Crippen LogP contribution in [0.25, 0.3) is 0 Å². The lowest BCUT2D eigenvalue weighted by Gasteiger charge is -2.38. The monoisotopic (exact) mass is 228 g/mol. The van der Waals surface area contributed by atoms with Gasteiger partial charge in [0.25, 0.3) is 0 Å². The van der Waals surface area contributed by atoms with Gasteiger partial charge in [0.1, 0.15) is 0 Å². The molecule has 0 aromatic heterocycles. The number of hydrogen-bond acceptors (Lipinski definition) is 3. The molecule has 2 fully saturated rings. The highest BCUT2D eigenvalue weighted by Gasteiger charge is 2.28. The van der Waals surface area contributed by atoms with Gasteiger partial charge in [0.15, 0.2) is 0 Å². The first-order chi connectivity index (χ1) is 7.29. The topological polar surface area (TPSA) is 15.3 Å². The maximum absolute atomic E-state index is 3.47. The van der Waals surface area contributed by atoms with Gasteiger partial charge in [-0.3, -0.25) is 0 Å². The van der Waals surface area contributed by atoms with Crippen molar-refractivity contribution in [3.05, 3.63) is 0 Å². The predicted molar refractivity (Wildman–Crippen MR) is 68.6 cm³/mol. The van der Waals surface area contributed by atoms with E-state index in [0.29, 0.717) is 5.41 Å². The zero-order valence-electron chi connectivity index (χ0n) is 9.93. The third-order valence-electron chi connectivity index (χ3n) is 3.73. The highest BCUT2D eigenvalue weighted by Crippen LogP contribution is 2.29. The number of nitrogens with one attached hydrogen (secondary N) is 1. The Kier molecular flexibility index (Phi) is 4.35. The smallest absolute Gasteiger partial charge is 0.00726 e. The Bertz CT molecular complexity index is 182. The molecule has 2 nitrogen and oxygen atoms in total. The molecule has 0 bridgehead atoms. The average molecular weight is 228 g/mol. The molecule has 88 valence electrons. The van der Waals surface area contributed by atoms with Gasteiger partial charge in [0.05, 0.1) is 0 Å². The van der Waals surface area contributed by atoms with Gasteiger partial charge in [-0.25, -0.2) is 0 Å². The number of piperidine rings is 1. The second-order valence-corrected chi connectivity index (χ2v) is 6.53. The van der Waals surface area contributed by atoms with E-state index < -0.39 is 0 Å². The fourth-order valence-electron chi connectivity index (χ4n) is 2.68. The van der Waals surface area contributed by atoms with Crippen molar-refractivity contribution in [1.29, 1.82) is 0 Å². The van der Waals surface area contributed by atoms with Crippen molar-refractivity contribution in [3.63, 3.8) is 0 Å². The molecule has 0 aromatic rings. The summed E-state index contributed by atoms with van der Waals surface area (Å²) in [4.78, 5) is 2.70. The summed E-state index contributed by atoms with van der Waals surface area (Å²) in [5, 5.41) is 3.47. The molecular weight excluding hydrogens is 204 g/mol. The molecule has 0 aliphatic carbocycles. The van der Waals surface area contributed by atoms with E-state index in [-0.39, 0.29) is 0 Å². The quantitative estimate of drug-likeness (QED) is 0.776. The van der Waals surface area contributed by atoms with E-state index in [1.807, 2.05) is 0 Å². The van der Waals surface area contributed by atoms with Crippen LogP contribution in [0.5, 0.6) is 0 Å². The maximum Gasteiger partial charge on any atom is 0.00726 e. The lowest BCUT2D eigenvalue weighted by molar-refractivity contribution is 0.134. The molecule has 0 amide bonds. The van der Waals surface area contributed by atoms with E-state index in [1.54, 1.807) is 0 Å². The maximum atomic E-state index is 3.47. The van der Waals surface area contributed by atoms with Crippen LogP contribution in [0.4, 0.5) is 0 Å². The molecule has 0 radical (unpaired) electrons. The Balaban J connectivity index is 1.82. The molecule has 2 saturated heterocycles. The summed E-state index contributed by atoms with van der Waals surface area (Å²) in [5.41, 5.74) is 0.584. The van der Waals surface area contributed by atoms with E-state index in [2.05, 4.69) is 28.9 Å². The van der Waals surface area contributed by atoms with Crippen LogP contribution in [0.15, 0.2) is 0 Å². The number of nitrogens with zero attached hydrogens (tertiary/aromatic N) is 1. The first-order valence-electron chi connectivity index (χ1n) is 6.29. The van der Waals surface area contributed by atoms with Crippen LogP contribution in [-0.4, -0.2) is 49.1 Å². The number of hydrogen-bond donors (Lipinski definition) is 1. The summed E-state index contributed by atoms with van der Waals surface area (Å²) in [6, 6.07) is 0. The second-order valence-electron chi connectivity index (χ2n) is 5.30. The summed E-state index contributed by atoms with van der Waals surface area (Å²) in [6.45, 7) is 8.89. The first kappa shape index (κ1) is 11.7. The highest BCUT2D eigenvalue weighted by molar-refractivity contribution is 7.99. The Hall–Kier alpha value is 0.270. The predicted octanol–water partition coefficient (Wildman–Crippen LogP) is 1.81. The summed E-state index contributed by atoms with van der Waals surface area (Å²) in [5.74, 6) is 2.71. The van der Waals surface area contributed by atoms with Gasteiger partial charge in [-0.05, 0) is 50.1 Å². The van der Waals surface area contributed by atoms with Crippen molar-refractivity contribution in [3.8, 4) is 0 Å². The Labute approximate surface area is 98.2 Å². The lowest BCUT2D eigenvalue weighted by Crippen LogP contribution is -2.43. The molecule has 0 aromatic carbocycles. The Morgan fingerprint density at radius 3 is 2.80 bits per heavy atom. The first-order valence-corrected chi connectivity index (χ1v) is 7.45. The van der Waals surface area contributed by atoms with Gasteiger partial charge in [0, 0.05) is 18.8 Å².